The molecule has 1 unspecified atom stereocenters. The molecule has 0 amide bonds. The molecule has 0 saturated carbocycles. The first-order valence-corrected chi connectivity index (χ1v) is 14.9. The Morgan fingerprint density at radius 2 is 1.83 bits per heavy atom. The van der Waals surface area contributed by atoms with Crippen molar-refractivity contribution in [3.8, 4) is 17.0 Å². The predicted molar refractivity (Wildman–Crippen MR) is 164 cm³/mol. The highest BCUT2D eigenvalue weighted by molar-refractivity contribution is 6.32. The quantitative estimate of drug-likeness (QED) is 0.241. The van der Waals surface area contributed by atoms with Crippen molar-refractivity contribution in [2.45, 2.75) is 78.9 Å². The number of rotatable bonds is 11. The zero-order valence-corrected chi connectivity index (χ0v) is 26.1. The Balaban J connectivity index is 1.72. The van der Waals surface area contributed by atoms with E-state index in [0.717, 1.165) is 37.2 Å². The topological polar surface area (TPSA) is 84.8 Å². The zero-order chi connectivity index (χ0) is 30.7. The number of halogens is 2. The highest BCUT2D eigenvalue weighted by Crippen LogP contribution is 2.44. The number of carboxylic acids is 1. The van der Waals surface area contributed by atoms with Crippen LogP contribution in [0.5, 0.6) is 5.75 Å². The van der Waals surface area contributed by atoms with E-state index in [0.29, 0.717) is 52.7 Å². The minimum absolute atomic E-state index is 0.195. The van der Waals surface area contributed by atoms with Crippen LogP contribution in [-0.2, 0) is 16.0 Å². The fourth-order valence-electron chi connectivity index (χ4n) is 5.02. The van der Waals surface area contributed by atoms with Gasteiger partial charge in [0.2, 0.25) is 0 Å². The van der Waals surface area contributed by atoms with E-state index in [1.54, 1.807) is 30.6 Å². The molecular formula is C33H41ClFN3O4. The van der Waals surface area contributed by atoms with Crippen molar-refractivity contribution >= 4 is 23.3 Å². The average molecular weight is 598 g/mol. The van der Waals surface area contributed by atoms with E-state index in [9.17, 15) is 14.3 Å². The first kappa shape index (κ1) is 31.7. The second-order valence-electron chi connectivity index (χ2n) is 12.3. The van der Waals surface area contributed by atoms with Gasteiger partial charge in [-0.25, -0.2) is 9.18 Å². The van der Waals surface area contributed by atoms with Gasteiger partial charge in [-0.2, -0.15) is 0 Å². The molecule has 3 aromatic rings. The summed E-state index contributed by atoms with van der Waals surface area (Å²) in [7, 11) is 0. The Bertz CT molecular complexity index is 1400. The Morgan fingerprint density at radius 3 is 2.43 bits per heavy atom. The number of carboxylic acid groups (broad SMARTS) is 1. The van der Waals surface area contributed by atoms with Crippen LogP contribution in [0.1, 0.15) is 76.8 Å². The molecule has 0 radical (unpaired) electrons. The van der Waals surface area contributed by atoms with Gasteiger partial charge in [0, 0.05) is 42.5 Å². The Labute approximate surface area is 253 Å². The van der Waals surface area contributed by atoms with Crippen LogP contribution in [0.25, 0.3) is 11.3 Å². The lowest BCUT2D eigenvalue weighted by Crippen LogP contribution is -2.39. The van der Waals surface area contributed by atoms with Gasteiger partial charge in [0.15, 0.2) is 11.9 Å². The summed E-state index contributed by atoms with van der Waals surface area (Å²) in [6.07, 6.45) is 5.27. The summed E-state index contributed by atoms with van der Waals surface area (Å²) in [6, 6.07) is 8.03. The molecule has 0 bridgehead atoms. The van der Waals surface area contributed by atoms with E-state index in [4.69, 9.17) is 21.1 Å². The SMILES string of the molecule is CCC(C)(C)OC(C(=O)O)c1c(C)ncc(-c2cc(Cl)c(OCCc3ccc(F)cc3)cn2)c1N1CCC(C)(C)CC1. The number of anilines is 1. The molecule has 1 aliphatic heterocycles. The fraction of sp³-hybridized carbons (Fsp3) is 0.485. The number of aromatic nitrogens is 2. The maximum absolute atomic E-state index is 13.2. The molecule has 226 valence electrons. The molecule has 1 aliphatic rings. The predicted octanol–water partition coefficient (Wildman–Crippen LogP) is 7.82. The van der Waals surface area contributed by atoms with Crippen molar-refractivity contribution in [1.29, 1.82) is 0 Å². The molecule has 7 nitrogen and oxygen atoms in total. The second-order valence-corrected chi connectivity index (χ2v) is 12.8. The van der Waals surface area contributed by atoms with E-state index < -0.39 is 17.7 Å². The molecule has 1 aromatic carbocycles. The third-order valence-electron chi connectivity index (χ3n) is 8.15. The van der Waals surface area contributed by atoms with E-state index in [1.807, 2.05) is 27.7 Å². The lowest BCUT2D eigenvalue weighted by Gasteiger charge is -2.41. The standard InChI is InChI=1S/C33H41ClFN3O4/c1-7-33(5,6)42-30(31(39)40)28-21(2)36-19-24(29(28)38-15-13-32(3,4)14-16-38)26-18-25(34)27(20-37-26)41-17-12-22-8-10-23(35)11-9-22/h8-11,18-20,30H,7,12-17H2,1-6H3,(H,39,40). The number of hydrogen-bond acceptors (Lipinski definition) is 6. The minimum Gasteiger partial charge on any atom is -0.490 e. The van der Waals surface area contributed by atoms with Crippen LogP contribution in [0.15, 0.2) is 42.7 Å². The van der Waals surface area contributed by atoms with E-state index in [2.05, 4.69) is 28.7 Å². The highest BCUT2D eigenvalue weighted by Gasteiger charge is 2.36. The summed E-state index contributed by atoms with van der Waals surface area (Å²) >= 11 is 6.68. The third kappa shape index (κ3) is 7.58. The molecule has 1 fully saturated rings. The van der Waals surface area contributed by atoms with Gasteiger partial charge in [0.1, 0.15) is 5.82 Å². The molecule has 4 rings (SSSR count). The van der Waals surface area contributed by atoms with Crippen molar-refractivity contribution in [3.05, 3.63) is 70.4 Å². The minimum atomic E-state index is -1.21. The van der Waals surface area contributed by atoms with Crippen molar-refractivity contribution in [2.75, 3.05) is 24.6 Å². The Hall–Kier alpha value is -3.23. The summed E-state index contributed by atoms with van der Waals surface area (Å²) in [5.74, 6) is -0.909. The smallest absolute Gasteiger partial charge is 0.337 e. The maximum atomic E-state index is 13.2. The largest absolute Gasteiger partial charge is 0.490 e. The molecule has 0 spiro atoms. The van der Waals surface area contributed by atoms with Gasteiger partial charge < -0.3 is 19.5 Å². The van der Waals surface area contributed by atoms with E-state index in [1.165, 1.54) is 12.1 Å². The summed E-state index contributed by atoms with van der Waals surface area (Å²) in [4.78, 5) is 24.3. The number of nitrogens with zero attached hydrogens (tertiary/aromatic N) is 3. The molecular weight excluding hydrogens is 557 g/mol. The van der Waals surface area contributed by atoms with Crippen LogP contribution in [0.3, 0.4) is 0 Å². The van der Waals surface area contributed by atoms with Gasteiger partial charge in [-0.15, -0.1) is 0 Å². The molecule has 1 N–H and O–H groups in total. The van der Waals surface area contributed by atoms with Gasteiger partial charge in [-0.1, -0.05) is 44.5 Å². The third-order valence-corrected chi connectivity index (χ3v) is 8.45. The molecule has 0 aliphatic carbocycles. The van der Waals surface area contributed by atoms with Gasteiger partial charge in [0.05, 0.1) is 34.8 Å². The van der Waals surface area contributed by atoms with Crippen LogP contribution >= 0.6 is 11.6 Å². The first-order valence-electron chi connectivity index (χ1n) is 14.5. The van der Waals surface area contributed by atoms with Crippen molar-refractivity contribution < 1.29 is 23.8 Å². The van der Waals surface area contributed by atoms with E-state index >= 15 is 0 Å². The molecule has 1 atom stereocenters. The van der Waals surface area contributed by atoms with Gasteiger partial charge in [-0.05, 0) is 69.2 Å². The maximum Gasteiger partial charge on any atom is 0.337 e. The number of benzene rings is 1. The number of pyridine rings is 2. The van der Waals surface area contributed by atoms with Crippen LogP contribution in [0, 0.1) is 18.2 Å². The lowest BCUT2D eigenvalue weighted by atomic mass is 9.82. The Kier molecular flexibility index (Phi) is 9.78. The molecule has 2 aromatic heterocycles. The average Bonchev–Trinajstić information content (AvgIpc) is 2.94. The van der Waals surface area contributed by atoms with Crippen molar-refractivity contribution in [1.82, 2.24) is 9.97 Å². The van der Waals surface area contributed by atoms with Crippen LogP contribution < -0.4 is 9.64 Å². The Morgan fingerprint density at radius 1 is 1.17 bits per heavy atom. The van der Waals surface area contributed by atoms with Crippen molar-refractivity contribution in [2.24, 2.45) is 5.41 Å². The van der Waals surface area contributed by atoms with Crippen LogP contribution in [-0.4, -0.2) is 46.3 Å². The van der Waals surface area contributed by atoms with E-state index in [-0.39, 0.29) is 11.2 Å². The second kappa shape index (κ2) is 13.0. The summed E-state index contributed by atoms with van der Waals surface area (Å²) < 4.78 is 25.4. The fourth-order valence-corrected chi connectivity index (χ4v) is 5.23. The first-order chi connectivity index (χ1) is 19.8. The number of hydrogen-bond donors (Lipinski definition) is 1. The number of aryl methyl sites for hydroxylation is 1. The zero-order valence-electron chi connectivity index (χ0n) is 25.3. The number of ether oxygens (including phenoxy) is 2. The van der Waals surface area contributed by atoms with Crippen LogP contribution in [0.4, 0.5) is 10.1 Å². The lowest BCUT2D eigenvalue weighted by molar-refractivity contribution is -0.162. The monoisotopic (exact) mass is 597 g/mol. The number of piperidine rings is 1. The van der Waals surface area contributed by atoms with Gasteiger partial charge in [-0.3, -0.25) is 9.97 Å². The highest BCUT2D eigenvalue weighted by atomic mass is 35.5. The molecule has 3 heterocycles. The number of aliphatic carboxylic acids is 1. The summed E-state index contributed by atoms with van der Waals surface area (Å²) in [6.45, 7) is 14.0. The summed E-state index contributed by atoms with van der Waals surface area (Å²) in [5, 5.41) is 10.8. The van der Waals surface area contributed by atoms with Gasteiger partial charge >= 0.3 is 5.97 Å². The van der Waals surface area contributed by atoms with Crippen molar-refractivity contribution in [3.63, 3.8) is 0 Å². The summed E-state index contributed by atoms with van der Waals surface area (Å²) in [5.41, 5.74) is 3.67. The molecule has 42 heavy (non-hydrogen) atoms. The normalized spacial score (nSPS) is 15.9. The molecule has 9 heteroatoms. The molecule has 1 saturated heterocycles. The number of carbonyl (C=O) groups is 1. The van der Waals surface area contributed by atoms with Crippen LogP contribution in [0.2, 0.25) is 5.02 Å². The van der Waals surface area contributed by atoms with Gasteiger partial charge in [0.25, 0.3) is 0 Å².